The fourth-order valence-corrected chi connectivity index (χ4v) is 0.843. The number of amides is 2. The maximum atomic E-state index is 11.9. The molecule has 0 aliphatic heterocycles. The Morgan fingerprint density at radius 3 is 2.00 bits per heavy atom. The highest BCUT2D eigenvalue weighted by Gasteiger charge is 2.45. The molecule has 1 atom stereocenters. The number of halogens is 3. The first kappa shape index (κ1) is 14.2. The van der Waals surface area contributed by atoms with Gasteiger partial charge >= 0.3 is 18.1 Å². The monoisotopic (exact) mass is 242 g/mol. The summed E-state index contributed by atoms with van der Waals surface area (Å²) in [5, 5.41) is 9.81. The van der Waals surface area contributed by atoms with Crippen LogP contribution in [0.25, 0.3) is 0 Å². The third kappa shape index (κ3) is 3.75. The number of carboxylic acids is 1. The number of aliphatic carboxylic acids is 1. The molecule has 4 N–H and O–H groups in total. The lowest BCUT2D eigenvalue weighted by atomic mass is 9.97. The maximum absolute atomic E-state index is 11.9. The van der Waals surface area contributed by atoms with Gasteiger partial charge in [0.05, 0.1) is 6.42 Å². The Kier molecular flexibility index (Phi) is 3.88. The highest BCUT2D eigenvalue weighted by molar-refractivity contribution is 5.92. The smallest absolute Gasteiger partial charge is 0.471 e. The molecule has 0 aromatic carbocycles. The van der Waals surface area contributed by atoms with Gasteiger partial charge in [-0.15, -0.1) is 0 Å². The summed E-state index contributed by atoms with van der Waals surface area (Å²) in [5.74, 6) is -5.38. The predicted octanol–water partition coefficient (Wildman–Crippen LogP) is -0.616. The Hall–Kier alpha value is -1.80. The molecule has 0 aromatic heterocycles. The van der Waals surface area contributed by atoms with Crippen LogP contribution < -0.4 is 11.1 Å². The second kappa shape index (κ2) is 4.37. The SMILES string of the molecule is C[C@](CC(N)=O)(NC(=O)C(F)(F)F)C(=O)O. The standard InChI is InChI=1S/C7H9F3N2O4/c1-6(5(15)16,2-3(11)13)12-4(14)7(8,9)10/h2H2,1H3,(H2,11,13)(H,12,14)(H,15,16)/t6-/m1/s1. The molecule has 2 amide bonds. The van der Waals surface area contributed by atoms with Crippen LogP contribution in [-0.2, 0) is 14.4 Å². The molecule has 0 bridgehead atoms. The highest BCUT2D eigenvalue weighted by atomic mass is 19.4. The van der Waals surface area contributed by atoms with Gasteiger partial charge in [0.1, 0.15) is 5.54 Å². The minimum Gasteiger partial charge on any atom is -0.480 e. The van der Waals surface area contributed by atoms with Gasteiger partial charge in [0.25, 0.3) is 0 Å². The van der Waals surface area contributed by atoms with Crippen molar-refractivity contribution >= 4 is 17.8 Å². The van der Waals surface area contributed by atoms with Gasteiger partial charge in [-0.25, -0.2) is 4.79 Å². The van der Waals surface area contributed by atoms with Crippen LogP contribution in [-0.4, -0.2) is 34.6 Å². The van der Waals surface area contributed by atoms with Gasteiger partial charge in [-0.05, 0) is 6.92 Å². The van der Waals surface area contributed by atoms with E-state index < -0.39 is 35.9 Å². The van der Waals surface area contributed by atoms with Gasteiger partial charge in [-0.2, -0.15) is 13.2 Å². The molecule has 92 valence electrons. The van der Waals surface area contributed by atoms with Crippen molar-refractivity contribution in [1.29, 1.82) is 0 Å². The number of carbonyl (C=O) groups excluding carboxylic acids is 2. The Labute approximate surface area is 87.6 Å². The highest BCUT2D eigenvalue weighted by Crippen LogP contribution is 2.18. The molecule has 6 nitrogen and oxygen atoms in total. The van der Waals surface area contributed by atoms with Crippen LogP contribution in [0.1, 0.15) is 13.3 Å². The number of rotatable bonds is 4. The first-order valence-corrected chi connectivity index (χ1v) is 3.90. The number of nitrogens with one attached hydrogen (secondary N) is 1. The number of primary amides is 1. The molecule has 0 fully saturated rings. The molecule has 9 heteroatoms. The number of carboxylic acid groups (broad SMARTS) is 1. The van der Waals surface area contributed by atoms with Crippen molar-refractivity contribution in [3.05, 3.63) is 0 Å². The van der Waals surface area contributed by atoms with Gasteiger partial charge in [0.15, 0.2) is 0 Å². The molecule has 0 rings (SSSR count). The quantitative estimate of drug-likeness (QED) is 0.610. The summed E-state index contributed by atoms with van der Waals surface area (Å²) < 4.78 is 35.6. The molecule has 0 saturated heterocycles. The Morgan fingerprint density at radius 2 is 1.75 bits per heavy atom. The molecular weight excluding hydrogens is 233 g/mol. The lowest BCUT2D eigenvalue weighted by molar-refractivity contribution is -0.177. The van der Waals surface area contributed by atoms with Crippen molar-refractivity contribution in [2.24, 2.45) is 5.73 Å². The molecule has 16 heavy (non-hydrogen) atoms. The molecule has 0 unspecified atom stereocenters. The Morgan fingerprint density at radius 1 is 1.31 bits per heavy atom. The first-order chi connectivity index (χ1) is 6.99. The Balaban J connectivity index is 4.90. The van der Waals surface area contributed by atoms with E-state index in [9.17, 15) is 27.6 Å². The summed E-state index contributed by atoms with van der Waals surface area (Å²) in [4.78, 5) is 31.6. The number of hydrogen-bond acceptors (Lipinski definition) is 3. The zero-order chi connectivity index (χ0) is 13.1. The summed E-state index contributed by atoms with van der Waals surface area (Å²) in [6.45, 7) is 0.754. The lowest BCUT2D eigenvalue weighted by Crippen LogP contribution is -2.57. The van der Waals surface area contributed by atoms with E-state index in [0.717, 1.165) is 6.92 Å². The molecule has 0 aromatic rings. The third-order valence-corrected chi connectivity index (χ3v) is 1.65. The summed E-state index contributed by atoms with van der Waals surface area (Å²) in [7, 11) is 0. The van der Waals surface area contributed by atoms with Crippen LogP contribution in [0.2, 0.25) is 0 Å². The van der Waals surface area contributed by atoms with Gasteiger partial charge in [0, 0.05) is 0 Å². The molecule has 0 spiro atoms. The van der Waals surface area contributed by atoms with E-state index in [-0.39, 0.29) is 0 Å². The van der Waals surface area contributed by atoms with Crippen molar-refractivity contribution in [2.75, 3.05) is 0 Å². The van der Waals surface area contributed by atoms with E-state index in [1.165, 1.54) is 5.32 Å². The zero-order valence-electron chi connectivity index (χ0n) is 8.09. The van der Waals surface area contributed by atoms with Gasteiger partial charge in [0.2, 0.25) is 5.91 Å². The normalized spacial score (nSPS) is 15.0. The van der Waals surface area contributed by atoms with Crippen LogP contribution >= 0.6 is 0 Å². The zero-order valence-corrected chi connectivity index (χ0v) is 8.09. The second-order valence-electron chi connectivity index (χ2n) is 3.23. The van der Waals surface area contributed by atoms with Crippen molar-refractivity contribution in [3.8, 4) is 0 Å². The molecular formula is C7H9F3N2O4. The summed E-state index contributed by atoms with van der Waals surface area (Å²) in [5.41, 5.74) is 2.29. The molecule has 0 heterocycles. The fraction of sp³-hybridized carbons (Fsp3) is 0.571. The van der Waals surface area contributed by atoms with Crippen molar-refractivity contribution in [2.45, 2.75) is 25.1 Å². The number of hydrogen-bond donors (Lipinski definition) is 3. The van der Waals surface area contributed by atoms with Gasteiger partial charge in [-0.1, -0.05) is 0 Å². The largest absolute Gasteiger partial charge is 0.480 e. The second-order valence-corrected chi connectivity index (χ2v) is 3.23. The fourth-order valence-electron chi connectivity index (χ4n) is 0.843. The summed E-state index contributed by atoms with van der Waals surface area (Å²) in [6, 6.07) is 0. The first-order valence-electron chi connectivity index (χ1n) is 3.90. The average Bonchev–Trinajstić information content (AvgIpc) is 1.99. The van der Waals surface area contributed by atoms with E-state index in [0.29, 0.717) is 0 Å². The van der Waals surface area contributed by atoms with E-state index in [2.05, 4.69) is 5.73 Å². The minimum atomic E-state index is -5.23. The number of alkyl halides is 3. The lowest BCUT2D eigenvalue weighted by Gasteiger charge is -2.25. The van der Waals surface area contributed by atoms with E-state index in [4.69, 9.17) is 5.11 Å². The topological polar surface area (TPSA) is 109 Å². The summed E-state index contributed by atoms with van der Waals surface area (Å²) in [6.07, 6.45) is -6.17. The van der Waals surface area contributed by atoms with Crippen LogP contribution in [0.15, 0.2) is 0 Å². The maximum Gasteiger partial charge on any atom is 0.471 e. The van der Waals surface area contributed by atoms with E-state index in [1.54, 1.807) is 0 Å². The van der Waals surface area contributed by atoms with E-state index in [1.807, 2.05) is 0 Å². The van der Waals surface area contributed by atoms with Gasteiger partial charge < -0.3 is 16.2 Å². The van der Waals surface area contributed by atoms with Crippen molar-refractivity contribution < 1.29 is 32.7 Å². The third-order valence-electron chi connectivity index (χ3n) is 1.65. The molecule has 0 radical (unpaired) electrons. The summed E-state index contributed by atoms with van der Waals surface area (Å²) >= 11 is 0. The Bertz CT molecular complexity index is 328. The van der Waals surface area contributed by atoms with Crippen LogP contribution in [0, 0.1) is 0 Å². The number of carbonyl (C=O) groups is 3. The van der Waals surface area contributed by atoms with Gasteiger partial charge in [-0.3, -0.25) is 9.59 Å². The number of nitrogens with two attached hydrogens (primary N) is 1. The molecule has 0 aliphatic carbocycles. The molecule has 0 saturated carbocycles. The molecule has 0 aliphatic rings. The average molecular weight is 242 g/mol. The van der Waals surface area contributed by atoms with Crippen LogP contribution in [0.3, 0.4) is 0 Å². The minimum absolute atomic E-state index is 0.754. The van der Waals surface area contributed by atoms with Crippen LogP contribution in [0.5, 0.6) is 0 Å². The van der Waals surface area contributed by atoms with Crippen molar-refractivity contribution in [3.63, 3.8) is 0 Å². The van der Waals surface area contributed by atoms with Crippen molar-refractivity contribution in [1.82, 2.24) is 5.32 Å². The predicted molar refractivity (Wildman–Crippen MR) is 44.0 cm³/mol. The van der Waals surface area contributed by atoms with E-state index >= 15 is 0 Å². The van der Waals surface area contributed by atoms with Crippen LogP contribution in [0.4, 0.5) is 13.2 Å².